The minimum Gasteiger partial charge on any atom is -0.245 e. The van der Waals surface area contributed by atoms with Gasteiger partial charge in [0.1, 0.15) is 11.1 Å². The Kier molecular flexibility index (Phi) is 4.12. The molecule has 20 heavy (non-hydrogen) atoms. The number of sulfone groups is 1. The molecular formula is C14H12N2O2S2. The zero-order valence-electron chi connectivity index (χ0n) is 11.0. The molecule has 0 amide bonds. The highest BCUT2D eigenvalue weighted by molar-refractivity contribution is 7.99. The van der Waals surface area contributed by atoms with Gasteiger partial charge in [-0.3, -0.25) is 0 Å². The summed E-state index contributed by atoms with van der Waals surface area (Å²) in [6.45, 7) is 1.86. The third kappa shape index (κ3) is 3.38. The van der Waals surface area contributed by atoms with Crippen LogP contribution in [0.5, 0.6) is 0 Å². The van der Waals surface area contributed by atoms with E-state index in [0.29, 0.717) is 10.6 Å². The van der Waals surface area contributed by atoms with Crippen LogP contribution in [0.25, 0.3) is 0 Å². The fourth-order valence-corrected chi connectivity index (χ4v) is 3.10. The maximum Gasteiger partial charge on any atom is 0.175 e. The average Bonchev–Trinajstić information content (AvgIpc) is 2.38. The second-order valence-corrected chi connectivity index (χ2v) is 7.34. The van der Waals surface area contributed by atoms with Gasteiger partial charge < -0.3 is 0 Å². The van der Waals surface area contributed by atoms with Gasteiger partial charge in [-0.05, 0) is 43.3 Å². The molecular weight excluding hydrogens is 292 g/mol. The predicted molar refractivity (Wildman–Crippen MR) is 77.4 cm³/mol. The molecule has 0 atom stereocenters. The van der Waals surface area contributed by atoms with E-state index < -0.39 is 9.84 Å². The maximum atomic E-state index is 11.4. The summed E-state index contributed by atoms with van der Waals surface area (Å²) >= 11 is 1.34. The third-order valence-corrected chi connectivity index (χ3v) is 4.73. The second kappa shape index (κ2) is 5.65. The van der Waals surface area contributed by atoms with Crippen LogP contribution in [0.4, 0.5) is 0 Å². The first-order valence-electron chi connectivity index (χ1n) is 5.76. The fraction of sp³-hybridized carbons (Fsp3) is 0.143. The van der Waals surface area contributed by atoms with Gasteiger partial charge in [0.25, 0.3) is 0 Å². The van der Waals surface area contributed by atoms with Crippen LogP contribution in [0, 0.1) is 18.3 Å². The lowest BCUT2D eigenvalue weighted by molar-refractivity contribution is 0.602. The van der Waals surface area contributed by atoms with Crippen molar-refractivity contribution in [3.05, 3.63) is 47.7 Å². The summed E-state index contributed by atoms with van der Waals surface area (Å²) in [7, 11) is -3.19. The Morgan fingerprint density at radius 3 is 2.35 bits per heavy atom. The van der Waals surface area contributed by atoms with Crippen molar-refractivity contribution >= 4 is 21.6 Å². The van der Waals surface area contributed by atoms with Crippen LogP contribution in [-0.2, 0) is 9.84 Å². The topological polar surface area (TPSA) is 70.8 Å². The standard InChI is InChI=1S/C14H12N2O2S2/c1-10-3-4-11(9-15)14(16-10)19-12-5-7-13(8-6-12)20(2,17)18/h3-8H,1-2H3. The zero-order chi connectivity index (χ0) is 14.8. The first-order chi connectivity index (χ1) is 9.40. The Morgan fingerprint density at radius 1 is 1.15 bits per heavy atom. The van der Waals surface area contributed by atoms with Gasteiger partial charge in [0, 0.05) is 16.8 Å². The Bertz CT molecular complexity index is 776. The lowest BCUT2D eigenvalue weighted by Gasteiger charge is -2.05. The van der Waals surface area contributed by atoms with E-state index >= 15 is 0 Å². The smallest absolute Gasteiger partial charge is 0.175 e. The van der Waals surface area contributed by atoms with Crippen molar-refractivity contribution in [3.8, 4) is 6.07 Å². The van der Waals surface area contributed by atoms with Gasteiger partial charge in [-0.2, -0.15) is 5.26 Å². The van der Waals surface area contributed by atoms with E-state index in [0.717, 1.165) is 10.6 Å². The highest BCUT2D eigenvalue weighted by Crippen LogP contribution is 2.29. The quantitative estimate of drug-likeness (QED) is 0.872. The summed E-state index contributed by atoms with van der Waals surface area (Å²) < 4.78 is 22.8. The SMILES string of the molecule is Cc1ccc(C#N)c(Sc2ccc(S(C)(=O)=O)cc2)n1. The molecule has 2 aromatic rings. The summed E-state index contributed by atoms with van der Waals surface area (Å²) in [5.74, 6) is 0. The van der Waals surface area contributed by atoms with E-state index in [-0.39, 0.29) is 4.90 Å². The Balaban J connectivity index is 2.32. The molecule has 0 saturated heterocycles. The Morgan fingerprint density at radius 2 is 1.80 bits per heavy atom. The molecule has 1 aromatic carbocycles. The molecule has 1 aromatic heterocycles. The molecule has 0 radical (unpaired) electrons. The van der Waals surface area contributed by atoms with Crippen molar-refractivity contribution in [1.82, 2.24) is 4.98 Å². The molecule has 0 unspecified atom stereocenters. The molecule has 0 aliphatic heterocycles. The van der Waals surface area contributed by atoms with Crippen LogP contribution in [0.2, 0.25) is 0 Å². The number of rotatable bonds is 3. The van der Waals surface area contributed by atoms with Crippen molar-refractivity contribution in [3.63, 3.8) is 0 Å². The van der Waals surface area contributed by atoms with Gasteiger partial charge in [-0.1, -0.05) is 11.8 Å². The number of nitriles is 1. The van der Waals surface area contributed by atoms with E-state index in [9.17, 15) is 8.42 Å². The molecule has 0 fully saturated rings. The third-order valence-electron chi connectivity index (χ3n) is 2.59. The molecule has 0 bridgehead atoms. The second-order valence-electron chi connectivity index (χ2n) is 4.26. The molecule has 2 rings (SSSR count). The van der Waals surface area contributed by atoms with Crippen LogP contribution in [0.3, 0.4) is 0 Å². The maximum absolute atomic E-state index is 11.4. The van der Waals surface area contributed by atoms with Crippen molar-refractivity contribution in [2.75, 3.05) is 6.26 Å². The molecule has 0 aliphatic rings. The predicted octanol–water partition coefficient (Wildman–Crippen LogP) is 2.82. The molecule has 4 nitrogen and oxygen atoms in total. The first kappa shape index (κ1) is 14.6. The summed E-state index contributed by atoms with van der Waals surface area (Å²) in [5.41, 5.74) is 1.34. The number of nitrogens with zero attached hydrogens (tertiary/aromatic N) is 2. The fourth-order valence-electron chi connectivity index (χ4n) is 1.56. The number of hydrogen-bond donors (Lipinski definition) is 0. The molecule has 0 N–H and O–H groups in total. The van der Waals surface area contributed by atoms with Crippen LogP contribution < -0.4 is 0 Å². The summed E-state index contributed by atoms with van der Waals surface area (Å²) in [4.78, 5) is 5.45. The average molecular weight is 304 g/mol. The van der Waals surface area contributed by atoms with E-state index in [2.05, 4.69) is 11.1 Å². The van der Waals surface area contributed by atoms with E-state index in [1.807, 2.05) is 6.92 Å². The van der Waals surface area contributed by atoms with E-state index in [1.165, 1.54) is 18.0 Å². The normalized spacial score (nSPS) is 11.1. The molecule has 102 valence electrons. The zero-order valence-corrected chi connectivity index (χ0v) is 12.6. The van der Waals surface area contributed by atoms with Crippen LogP contribution in [0.15, 0.2) is 51.2 Å². The number of aryl methyl sites for hydroxylation is 1. The first-order valence-corrected chi connectivity index (χ1v) is 8.46. The highest BCUT2D eigenvalue weighted by Gasteiger charge is 2.09. The van der Waals surface area contributed by atoms with Crippen LogP contribution in [0.1, 0.15) is 11.3 Å². The minimum absolute atomic E-state index is 0.277. The molecule has 6 heteroatoms. The van der Waals surface area contributed by atoms with Gasteiger partial charge in [0.2, 0.25) is 0 Å². The molecule has 0 aliphatic carbocycles. The van der Waals surface area contributed by atoms with Crippen molar-refractivity contribution in [2.24, 2.45) is 0 Å². The van der Waals surface area contributed by atoms with Gasteiger partial charge in [0.15, 0.2) is 9.84 Å². The number of aromatic nitrogens is 1. The van der Waals surface area contributed by atoms with Gasteiger partial charge in [0.05, 0.1) is 10.5 Å². The van der Waals surface area contributed by atoms with Crippen molar-refractivity contribution in [2.45, 2.75) is 21.7 Å². The molecule has 0 spiro atoms. The van der Waals surface area contributed by atoms with Crippen molar-refractivity contribution < 1.29 is 8.42 Å². The van der Waals surface area contributed by atoms with Gasteiger partial charge in [-0.15, -0.1) is 0 Å². The lowest BCUT2D eigenvalue weighted by atomic mass is 10.3. The van der Waals surface area contributed by atoms with Crippen molar-refractivity contribution in [1.29, 1.82) is 5.26 Å². The largest absolute Gasteiger partial charge is 0.245 e. The summed E-state index contributed by atoms with van der Waals surface area (Å²) in [6, 6.07) is 12.2. The van der Waals surface area contributed by atoms with Gasteiger partial charge in [-0.25, -0.2) is 13.4 Å². The minimum atomic E-state index is -3.19. The molecule has 0 saturated carbocycles. The number of benzene rings is 1. The van der Waals surface area contributed by atoms with E-state index in [1.54, 1.807) is 36.4 Å². The number of pyridine rings is 1. The Labute approximate surface area is 122 Å². The number of hydrogen-bond acceptors (Lipinski definition) is 5. The highest BCUT2D eigenvalue weighted by atomic mass is 32.2. The summed E-state index contributed by atoms with van der Waals surface area (Å²) in [6.07, 6.45) is 1.17. The van der Waals surface area contributed by atoms with Crippen LogP contribution >= 0.6 is 11.8 Å². The van der Waals surface area contributed by atoms with E-state index in [4.69, 9.17) is 5.26 Å². The molecule has 1 heterocycles. The summed E-state index contributed by atoms with van der Waals surface area (Å²) in [5, 5.41) is 9.68. The monoisotopic (exact) mass is 304 g/mol. The lowest BCUT2D eigenvalue weighted by Crippen LogP contribution is -1.96. The van der Waals surface area contributed by atoms with Gasteiger partial charge >= 0.3 is 0 Å². The Hall–Kier alpha value is -1.84. The van der Waals surface area contributed by atoms with Crippen LogP contribution in [-0.4, -0.2) is 19.7 Å².